The molecular formula is C13H19N3O2. The molecule has 98 valence electrons. The van der Waals surface area contributed by atoms with E-state index in [0.717, 1.165) is 25.9 Å². The standard InChI is InChI=1S/C13H19N3O2/c1-13(3-6-14-7-4-13)9-16-12(18)10-8-15-5-2-11(10)17/h2,5,8,14H,3-4,6-7,9H2,1H3,(H,15,17)(H,16,18). The number of hydrogen-bond donors (Lipinski definition) is 3. The number of aromatic nitrogens is 1. The minimum Gasteiger partial charge on any atom is -0.367 e. The van der Waals surface area contributed by atoms with Gasteiger partial charge in [0.05, 0.1) is 0 Å². The maximum Gasteiger partial charge on any atom is 0.256 e. The van der Waals surface area contributed by atoms with Gasteiger partial charge in [-0.15, -0.1) is 0 Å². The van der Waals surface area contributed by atoms with Gasteiger partial charge >= 0.3 is 0 Å². The fraction of sp³-hybridized carbons (Fsp3) is 0.538. The molecule has 3 N–H and O–H groups in total. The molecule has 0 bridgehead atoms. The van der Waals surface area contributed by atoms with Crippen LogP contribution >= 0.6 is 0 Å². The van der Waals surface area contributed by atoms with Crippen molar-refractivity contribution in [1.82, 2.24) is 15.6 Å². The number of pyridine rings is 1. The van der Waals surface area contributed by atoms with Crippen molar-refractivity contribution in [3.05, 3.63) is 34.2 Å². The Hall–Kier alpha value is -1.62. The van der Waals surface area contributed by atoms with Crippen molar-refractivity contribution in [1.29, 1.82) is 0 Å². The number of carbonyl (C=O) groups excluding carboxylic acids is 1. The molecule has 0 saturated carbocycles. The third-order valence-corrected chi connectivity index (χ3v) is 3.56. The van der Waals surface area contributed by atoms with Crippen LogP contribution in [0, 0.1) is 5.41 Å². The second-order valence-corrected chi connectivity index (χ2v) is 5.17. The highest BCUT2D eigenvalue weighted by Crippen LogP contribution is 2.26. The molecule has 2 heterocycles. The summed E-state index contributed by atoms with van der Waals surface area (Å²) in [4.78, 5) is 26.2. The molecule has 1 aliphatic heterocycles. The van der Waals surface area contributed by atoms with Crippen LogP contribution < -0.4 is 16.1 Å². The molecule has 1 aromatic rings. The Labute approximate surface area is 106 Å². The Balaban J connectivity index is 1.96. The van der Waals surface area contributed by atoms with Gasteiger partial charge < -0.3 is 15.6 Å². The molecule has 0 unspecified atom stereocenters. The van der Waals surface area contributed by atoms with Crippen LogP contribution in [0.1, 0.15) is 30.1 Å². The molecular weight excluding hydrogens is 230 g/mol. The van der Waals surface area contributed by atoms with Crippen LogP contribution in [0.3, 0.4) is 0 Å². The number of nitrogens with one attached hydrogen (secondary N) is 3. The summed E-state index contributed by atoms with van der Waals surface area (Å²) in [5, 5.41) is 6.16. The van der Waals surface area contributed by atoms with Crippen LogP contribution in [0.15, 0.2) is 23.3 Å². The summed E-state index contributed by atoms with van der Waals surface area (Å²) in [7, 11) is 0. The predicted molar refractivity (Wildman–Crippen MR) is 69.6 cm³/mol. The third kappa shape index (κ3) is 2.98. The first kappa shape index (κ1) is 12.8. The van der Waals surface area contributed by atoms with E-state index in [2.05, 4.69) is 22.5 Å². The van der Waals surface area contributed by atoms with Crippen molar-refractivity contribution in [2.75, 3.05) is 19.6 Å². The smallest absolute Gasteiger partial charge is 0.256 e. The van der Waals surface area contributed by atoms with Crippen molar-refractivity contribution in [3.63, 3.8) is 0 Å². The third-order valence-electron chi connectivity index (χ3n) is 3.56. The lowest BCUT2D eigenvalue weighted by Gasteiger charge is -2.34. The average molecular weight is 249 g/mol. The van der Waals surface area contributed by atoms with E-state index in [4.69, 9.17) is 0 Å². The van der Waals surface area contributed by atoms with Crippen LogP contribution in [0.5, 0.6) is 0 Å². The molecule has 0 aromatic carbocycles. The molecule has 1 fully saturated rings. The Morgan fingerprint density at radius 1 is 1.44 bits per heavy atom. The Bertz CT molecular complexity index is 475. The molecule has 2 rings (SSSR count). The van der Waals surface area contributed by atoms with E-state index in [9.17, 15) is 9.59 Å². The van der Waals surface area contributed by atoms with E-state index in [1.54, 1.807) is 0 Å². The Morgan fingerprint density at radius 3 is 2.83 bits per heavy atom. The molecule has 5 heteroatoms. The summed E-state index contributed by atoms with van der Waals surface area (Å²) < 4.78 is 0. The summed E-state index contributed by atoms with van der Waals surface area (Å²) in [6.45, 7) is 4.75. The first-order valence-corrected chi connectivity index (χ1v) is 6.27. The molecule has 1 aliphatic rings. The van der Waals surface area contributed by atoms with Gasteiger partial charge in [-0.25, -0.2) is 0 Å². The summed E-state index contributed by atoms with van der Waals surface area (Å²) in [6, 6.07) is 1.36. The van der Waals surface area contributed by atoms with E-state index < -0.39 is 0 Å². The molecule has 1 aromatic heterocycles. The van der Waals surface area contributed by atoms with Crippen molar-refractivity contribution in [2.45, 2.75) is 19.8 Å². The highest BCUT2D eigenvalue weighted by molar-refractivity contribution is 5.93. The minimum absolute atomic E-state index is 0.127. The van der Waals surface area contributed by atoms with E-state index in [1.165, 1.54) is 18.5 Å². The molecule has 0 atom stereocenters. The molecule has 1 saturated heterocycles. The van der Waals surface area contributed by atoms with Crippen molar-refractivity contribution in [3.8, 4) is 0 Å². The van der Waals surface area contributed by atoms with Crippen LogP contribution in [-0.4, -0.2) is 30.5 Å². The highest BCUT2D eigenvalue weighted by Gasteiger charge is 2.27. The van der Waals surface area contributed by atoms with E-state index >= 15 is 0 Å². The highest BCUT2D eigenvalue weighted by atomic mass is 16.2. The first-order chi connectivity index (χ1) is 8.61. The van der Waals surface area contributed by atoms with Gasteiger partial charge in [-0.1, -0.05) is 6.92 Å². The molecule has 0 radical (unpaired) electrons. The summed E-state index contributed by atoms with van der Waals surface area (Å²) >= 11 is 0. The van der Waals surface area contributed by atoms with Gasteiger partial charge in [-0.2, -0.15) is 0 Å². The fourth-order valence-electron chi connectivity index (χ4n) is 2.19. The SMILES string of the molecule is CC1(CNC(=O)c2c[nH]ccc2=O)CCNCC1. The zero-order valence-electron chi connectivity index (χ0n) is 10.6. The van der Waals surface area contributed by atoms with Gasteiger partial charge in [0.1, 0.15) is 5.56 Å². The van der Waals surface area contributed by atoms with E-state index in [-0.39, 0.29) is 22.3 Å². The maximum absolute atomic E-state index is 11.9. The first-order valence-electron chi connectivity index (χ1n) is 6.27. The van der Waals surface area contributed by atoms with Crippen LogP contribution in [0.4, 0.5) is 0 Å². The van der Waals surface area contributed by atoms with E-state index in [1.807, 2.05) is 0 Å². The lowest BCUT2D eigenvalue weighted by Crippen LogP contribution is -2.43. The van der Waals surface area contributed by atoms with Gasteiger partial charge in [0, 0.05) is 25.0 Å². The van der Waals surface area contributed by atoms with Crippen molar-refractivity contribution < 1.29 is 4.79 Å². The molecule has 5 nitrogen and oxygen atoms in total. The van der Waals surface area contributed by atoms with Gasteiger partial charge in [0.2, 0.25) is 0 Å². The molecule has 0 aliphatic carbocycles. The second-order valence-electron chi connectivity index (χ2n) is 5.17. The quantitative estimate of drug-likeness (QED) is 0.730. The van der Waals surface area contributed by atoms with Crippen molar-refractivity contribution >= 4 is 5.91 Å². The lowest BCUT2D eigenvalue weighted by atomic mass is 9.81. The number of hydrogen-bond acceptors (Lipinski definition) is 3. The number of aromatic amines is 1. The Kier molecular flexibility index (Phi) is 3.81. The van der Waals surface area contributed by atoms with E-state index in [0.29, 0.717) is 6.54 Å². The van der Waals surface area contributed by atoms with Gasteiger partial charge in [-0.3, -0.25) is 9.59 Å². The number of H-pyrrole nitrogens is 1. The monoisotopic (exact) mass is 249 g/mol. The van der Waals surface area contributed by atoms with Crippen LogP contribution in [-0.2, 0) is 0 Å². The normalized spacial score (nSPS) is 18.3. The van der Waals surface area contributed by atoms with Gasteiger partial charge in [0.25, 0.3) is 5.91 Å². The topological polar surface area (TPSA) is 74.0 Å². The molecule has 0 spiro atoms. The zero-order valence-corrected chi connectivity index (χ0v) is 10.6. The van der Waals surface area contributed by atoms with Gasteiger partial charge in [-0.05, 0) is 31.3 Å². The Morgan fingerprint density at radius 2 is 2.17 bits per heavy atom. The fourth-order valence-corrected chi connectivity index (χ4v) is 2.19. The van der Waals surface area contributed by atoms with Crippen LogP contribution in [0.25, 0.3) is 0 Å². The predicted octanol–water partition coefficient (Wildman–Crippen LogP) is 0.494. The zero-order chi connectivity index (χ0) is 13.0. The molecule has 1 amide bonds. The largest absolute Gasteiger partial charge is 0.367 e. The summed E-state index contributed by atoms with van der Waals surface area (Å²) in [5.41, 5.74) is 0.0550. The van der Waals surface area contributed by atoms with Gasteiger partial charge in [0.15, 0.2) is 5.43 Å². The number of carbonyl (C=O) groups is 1. The number of amides is 1. The lowest BCUT2D eigenvalue weighted by molar-refractivity contribution is 0.0921. The second kappa shape index (κ2) is 5.35. The van der Waals surface area contributed by atoms with Crippen LogP contribution in [0.2, 0.25) is 0 Å². The minimum atomic E-state index is -0.295. The molecule has 18 heavy (non-hydrogen) atoms. The maximum atomic E-state index is 11.9. The number of piperidine rings is 1. The summed E-state index contributed by atoms with van der Waals surface area (Å²) in [6.07, 6.45) is 5.05. The van der Waals surface area contributed by atoms with Crippen molar-refractivity contribution in [2.24, 2.45) is 5.41 Å². The average Bonchev–Trinajstić information content (AvgIpc) is 2.38. The summed E-state index contributed by atoms with van der Waals surface area (Å²) in [5.74, 6) is -0.295. The number of rotatable bonds is 3.